The third kappa shape index (κ3) is 6.30. The van der Waals surface area contributed by atoms with Gasteiger partial charge in [0.1, 0.15) is 31.0 Å². The van der Waals surface area contributed by atoms with Crippen molar-refractivity contribution in [1.29, 1.82) is 0 Å². The van der Waals surface area contributed by atoms with Crippen molar-refractivity contribution >= 4 is 35.0 Å². The first-order valence-corrected chi connectivity index (χ1v) is 13.3. The highest BCUT2D eigenvalue weighted by atomic mass is 32.2. The number of aryl methyl sites for hydroxylation is 1. The van der Waals surface area contributed by atoms with Crippen LogP contribution >= 0.6 is 11.8 Å². The van der Waals surface area contributed by atoms with Crippen LogP contribution in [0.3, 0.4) is 0 Å². The Balaban J connectivity index is 1.52. The maximum Gasteiger partial charge on any atom is 0.332 e. The number of nitrogens with one attached hydrogen (secondary N) is 1. The van der Waals surface area contributed by atoms with Gasteiger partial charge in [0.05, 0.1) is 18.6 Å². The molecule has 0 fully saturated rings. The van der Waals surface area contributed by atoms with Crippen molar-refractivity contribution in [2.24, 2.45) is 19.2 Å². The summed E-state index contributed by atoms with van der Waals surface area (Å²) in [5.74, 6) is -0.447. The maximum absolute atomic E-state index is 12.8. The zero-order valence-electron chi connectivity index (χ0n) is 22.3. The third-order valence-electron chi connectivity index (χ3n) is 6.15. The number of carbonyl (C=O) groups excluding carboxylic acids is 1. The van der Waals surface area contributed by atoms with Gasteiger partial charge in [-0.25, -0.2) is 14.9 Å². The Kier molecular flexibility index (Phi) is 9.60. The minimum Gasteiger partial charge on any atom is -0.394 e. The molecular formula is C23H28N10O8S. The summed E-state index contributed by atoms with van der Waals surface area (Å²) in [6.07, 6.45) is -6.37. The number of para-hydroxylation sites is 1. The molecule has 42 heavy (non-hydrogen) atoms. The molecule has 0 saturated heterocycles. The van der Waals surface area contributed by atoms with Crippen LogP contribution in [0.1, 0.15) is 5.82 Å². The van der Waals surface area contributed by atoms with E-state index < -0.39 is 48.2 Å². The second-order valence-electron chi connectivity index (χ2n) is 9.02. The Labute approximate surface area is 240 Å². The molecule has 3 aromatic heterocycles. The van der Waals surface area contributed by atoms with Crippen molar-refractivity contribution in [1.82, 2.24) is 44.3 Å². The van der Waals surface area contributed by atoms with Crippen LogP contribution < -0.4 is 16.7 Å². The number of thioether (sulfide) groups is 1. The van der Waals surface area contributed by atoms with E-state index in [0.29, 0.717) is 16.7 Å². The number of aliphatic hydroxyl groups excluding tert-OH is 5. The number of hydrogen-bond donors (Lipinski definition) is 6. The molecule has 19 heteroatoms. The van der Waals surface area contributed by atoms with Crippen molar-refractivity contribution < 1.29 is 30.3 Å². The lowest BCUT2D eigenvalue weighted by Gasteiger charge is -2.23. The molecule has 0 unspecified atom stereocenters. The summed E-state index contributed by atoms with van der Waals surface area (Å²) in [5, 5.41) is 67.8. The van der Waals surface area contributed by atoms with E-state index in [0.717, 1.165) is 22.5 Å². The molecular weight excluding hydrogens is 576 g/mol. The second-order valence-corrected chi connectivity index (χ2v) is 9.96. The van der Waals surface area contributed by atoms with E-state index in [4.69, 9.17) is 5.11 Å². The average Bonchev–Trinajstić information content (AvgIpc) is 3.61. The van der Waals surface area contributed by atoms with Crippen LogP contribution in [0.4, 0.5) is 0 Å². The number of fused-ring (bicyclic) bond motifs is 1. The standard InChI is InChI=1S/C23H28N10O8S/c1-30-20-17(21(40)31(2)23(30)41)32(29-27-20)9-15-25-28-22(33(15)12-6-4-3-5-7-12)42-11-16(37)26-24-8-13(35)18(38)19(39)14(36)10-34/h3-8,13-14,18-19,34-36,38-39H,9-11H2,1-2H3,(H,26,37)/b24-8+/t13-,14+,18+,19-/m0/s1. The van der Waals surface area contributed by atoms with Crippen molar-refractivity contribution in [3.63, 3.8) is 0 Å². The molecule has 6 N–H and O–H groups in total. The Bertz CT molecular complexity index is 1700. The van der Waals surface area contributed by atoms with E-state index in [2.05, 4.69) is 31.0 Å². The summed E-state index contributed by atoms with van der Waals surface area (Å²) in [4.78, 5) is 37.5. The summed E-state index contributed by atoms with van der Waals surface area (Å²) >= 11 is 1.01. The summed E-state index contributed by atoms with van der Waals surface area (Å²) in [5.41, 5.74) is 1.91. The predicted octanol–water partition coefficient (Wildman–Crippen LogP) is -3.91. The van der Waals surface area contributed by atoms with Crippen molar-refractivity contribution in [2.75, 3.05) is 12.4 Å². The molecule has 18 nitrogen and oxygen atoms in total. The van der Waals surface area contributed by atoms with Crippen molar-refractivity contribution in [3.8, 4) is 5.69 Å². The zero-order chi connectivity index (χ0) is 30.6. The molecule has 3 heterocycles. The molecule has 1 aromatic carbocycles. The molecule has 0 radical (unpaired) electrons. The number of benzene rings is 1. The lowest BCUT2D eigenvalue weighted by atomic mass is 10.0. The van der Waals surface area contributed by atoms with Gasteiger partial charge in [0.25, 0.3) is 11.5 Å². The van der Waals surface area contributed by atoms with Gasteiger partial charge >= 0.3 is 5.69 Å². The van der Waals surface area contributed by atoms with Gasteiger partial charge in [-0.3, -0.25) is 23.3 Å². The Morgan fingerprint density at radius 3 is 2.45 bits per heavy atom. The highest BCUT2D eigenvalue weighted by Crippen LogP contribution is 2.23. The first-order chi connectivity index (χ1) is 20.0. The van der Waals surface area contributed by atoms with Gasteiger partial charge in [0.2, 0.25) is 0 Å². The third-order valence-corrected chi connectivity index (χ3v) is 7.08. The minimum atomic E-state index is -1.86. The summed E-state index contributed by atoms with van der Waals surface area (Å²) in [6.45, 7) is -0.875. The fourth-order valence-electron chi connectivity index (χ4n) is 3.85. The molecule has 0 saturated carbocycles. The van der Waals surface area contributed by atoms with Gasteiger partial charge in [-0.2, -0.15) is 5.10 Å². The number of aromatic nitrogens is 8. The quantitative estimate of drug-likeness (QED) is 0.0515. The first kappa shape index (κ1) is 30.7. The molecule has 224 valence electrons. The first-order valence-electron chi connectivity index (χ1n) is 12.3. The minimum absolute atomic E-state index is 0.0417. The summed E-state index contributed by atoms with van der Waals surface area (Å²) in [6, 6.07) is 8.98. The molecule has 4 rings (SSSR count). The lowest BCUT2D eigenvalue weighted by molar-refractivity contribution is -0.118. The number of carbonyl (C=O) groups is 1. The molecule has 0 aliphatic heterocycles. The maximum atomic E-state index is 12.8. The van der Waals surface area contributed by atoms with Crippen LogP contribution in [0.15, 0.2) is 50.2 Å². The monoisotopic (exact) mass is 604 g/mol. The lowest BCUT2D eigenvalue weighted by Crippen LogP contribution is -2.46. The molecule has 4 aromatic rings. The SMILES string of the molecule is Cn1c(=O)c2c(nnn2Cc2nnc(SCC(=O)N/N=C/[C@H](O)[C@@H](O)[C@@H](O)[C@H](O)CO)n2-c2ccccc2)n(C)c1=O. The van der Waals surface area contributed by atoms with E-state index in [1.165, 1.54) is 23.3 Å². The molecule has 1 amide bonds. The van der Waals surface area contributed by atoms with Crippen LogP contribution in [0.2, 0.25) is 0 Å². The van der Waals surface area contributed by atoms with Gasteiger partial charge in [0.15, 0.2) is 22.1 Å². The van der Waals surface area contributed by atoms with E-state index in [-0.39, 0.29) is 23.5 Å². The smallest absolute Gasteiger partial charge is 0.332 e. The van der Waals surface area contributed by atoms with Crippen LogP contribution in [-0.4, -0.2) is 113 Å². The molecule has 0 aliphatic carbocycles. The molecule has 0 spiro atoms. The topological polar surface area (TPSA) is 248 Å². The zero-order valence-corrected chi connectivity index (χ0v) is 23.1. The predicted molar refractivity (Wildman–Crippen MR) is 147 cm³/mol. The second kappa shape index (κ2) is 13.1. The number of amides is 1. The highest BCUT2D eigenvalue weighted by Gasteiger charge is 2.29. The highest BCUT2D eigenvalue weighted by molar-refractivity contribution is 7.99. The largest absolute Gasteiger partial charge is 0.394 e. The van der Waals surface area contributed by atoms with E-state index in [1.807, 2.05) is 6.07 Å². The van der Waals surface area contributed by atoms with Crippen LogP contribution in [0.25, 0.3) is 16.9 Å². The van der Waals surface area contributed by atoms with Crippen LogP contribution in [-0.2, 0) is 25.4 Å². The van der Waals surface area contributed by atoms with Crippen LogP contribution in [0.5, 0.6) is 0 Å². The Morgan fingerprint density at radius 1 is 1.05 bits per heavy atom. The van der Waals surface area contributed by atoms with Crippen molar-refractivity contribution in [3.05, 3.63) is 57.0 Å². The van der Waals surface area contributed by atoms with Gasteiger partial charge in [-0.1, -0.05) is 35.2 Å². The Hall–Kier alpha value is -4.27. The van der Waals surface area contributed by atoms with Gasteiger partial charge in [0, 0.05) is 19.8 Å². The average molecular weight is 605 g/mol. The van der Waals surface area contributed by atoms with Crippen molar-refractivity contribution in [2.45, 2.75) is 36.1 Å². The number of aliphatic hydroxyl groups is 5. The summed E-state index contributed by atoms with van der Waals surface area (Å²) < 4.78 is 5.14. The molecule has 0 bridgehead atoms. The van der Waals surface area contributed by atoms with E-state index in [1.54, 1.807) is 28.8 Å². The van der Waals surface area contributed by atoms with E-state index >= 15 is 0 Å². The fraction of sp³-hybridized carbons (Fsp3) is 0.391. The van der Waals surface area contributed by atoms with Gasteiger partial charge < -0.3 is 25.5 Å². The normalized spacial score (nSPS) is 14.7. The van der Waals surface area contributed by atoms with Gasteiger partial charge in [-0.15, -0.1) is 15.3 Å². The molecule has 4 atom stereocenters. The summed E-state index contributed by atoms with van der Waals surface area (Å²) in [7, 11) is 2.83. The van der Waals surface area contributed by atoms with Crippen LogP contribution in [0, 0.1) is 0 Å². The van der Waals surface area contributed by atoms with Gasteiger partial charge in [-0.05, 0) is 12.1 Å². The molecule has 0 aliphatic rings. The van der Waals surface area contributed by atoms with E-state index in [9.17, 15) is 34.8 Å². The number of rotatable bonds is 12. The number of hydrazone groups is 1. The number of hydrogen-bond acceptors (Lipinski definition) is 14. The fourth-order valence-corrected chi connectivity index (χ4v) is 4.61. The number of nitrogens with zero attached hydrogens (tertiary/aromatic N) is 9. The Morgan fingerprint density at radius 2 is 1.76 bits per heavy atom.